The molecule has 0 bridgehead atoms. The summed E-state index contributed by atoms with van der Waals surface area (Å²) in [5.41, 5.74) is 0.0660. The number of fused-ring (bicyclic) bond motifs is 2. The van der Waals surface area contributed by atoms with Crippen molar-refractivity contribution in [2.45, 2.75) is 32.2 Å². The fraction of sp³-hybridized carbons (Fsp3) is 0.481. The molecule has 11 nitrogen and oxygen atoms in total. The molecule has 15 heteroatoms. The molecule has 2 aliphatic rings. The van der Waals surface area contributed by atoms with Gasteiger partial charge in [0.2, 0.25) is 16.8 Å². The Morgan fingerprint density at radius 3 is 2.43 bits per heavy atom. The Hall–Kier alpha value is -3.72. The molecule has 4 rings (SSSR count). The van der Waals surface area contributed by atoms with Crippen molar-refractivity contribution in [3.63, 3.8) is 0 Å². The van der Waals surface area contributed by atoms with E-state index >= 15 is 0 Å². The second kappa shape index (κ2) is 12.3. The van der Waals surface area contributed by atoms with Crippen LogP contribution in [0.3, 0.4) is 0 Å². The molecule has 2 aromatic carbocycles. The zero-order chi connectivity index (χ0) is 30.8. The fourth-order valence-electron chi connectivity index (χ4n) is 4.75. The van der Waals surface area contributed by atoms with E-state index in [2.05, 4.69) is 0 Å². The smallest absolute Gasteiger partial charge is 0.404 e. The summed E-state index contributed by atoms with van der Waals surface area (Å²) in [6.45, 7) is 4.03. The maximum Gasteiger partial charge on any atom is 0.404 e. The zero-order valence-electron chi connectivity index (χ0n) is 23.4. The van der Waals surface area contributed by atoms with Crippen LogP contribution in [-0.4, -0.2) is 94.8 Å². The summed E-state index contributed by atoms with van der Waals surface area (Å²) >= 11 is 0. The molecule has 0 fully saturated rings. The highest BCUT2D eigenvalue weighted by Gasteiger charge is 2.36. The Kier molecular flexibility index (Phi) is 9.11. The predicted molar refractivity (Wildman–Crippen MR) is 145 cm³/mol. The van der Waals surface area contributed by atoms with Crippen LogP contribution in [-0.2, 0) is 14.8 Å². The predicted octanol–water partition coefficient (Wildman–Crippen LogP) is 3.37. The summed E-state index contributed by atoms with van der Waals surface area (Å²) < 4.78 is 86.6. The Labute approximate surface area is 241 Å². The second-order valence-electron chi connectivity index (χ2n) is 10.3. The molecule has 2 aliphatic heterocycles. The molecule has 0 saturated heterocycles. The van der Waals surface area contributed by atoms with Gasteiger partial charge in [0, 0.05) is 44.4 Å². The maximum absolute atomic E-state index is 13.7. The van der Waals surface area contributed by atoms with Crippen molar-refractivity contribution in [3.05, 3.63) is 47.5 Å². The van der Waals surface area contributed by atoms with Crippen molar-refractivity contribution in [3.8, 4) is 17.2 Å². The van der Waals surface area contributed by atoms with Gasteiger partial charge in [0.05, 0.1) is 17.7 Å². The van der Waals surface area contributed by atoms with E-state index in [0.717, 1.165) is 6.07 Å². The molecule has 2 amide bonds. The van der Waals surface area contributed by atoms with E-state index in [1.165, 1.54) is 31.2 Å². The van der Waals surface area contributed by atoms with E-state index in [1.54, 1.807) is 30.0 Å². The van der Waals surface area contributed by atoms with Crippen LogP contribution >= 0.6 is 0 Å². The lowest BCUT2D eigenvalue weighted by molar-refractivity contribution is -0.106. The van der Waals surface area contributed by atoms with E-state index in [4.69, 9.17) is 18.9 Å². The van der Waals surface area contributed by atoms with Crippen LogP contribution in [0.1, 0.15) is 34.6 Å². The number of benzene rings is 2. The van der Waals surface area contributed by atoms with Gasteiger partial charge in [-0.1, -0.05) is 6.92 Å². The van der Waals surface area contributed by atoms with E-state index in [0.29, 0.717) is 17.1 Å². The number of halogens is 3. The molecule has 0 radical (unpaired) electrons. The topological polar surface area (TPSA) is 124 Å². The van der Waals surface area contributed by atoms with Gasteiger partial charge in [0.1, 0.15) is 12.4 Å². The Morgan fingerprint density at radius 2 is 1.74 bits per heavy atom. The van der Waals surface area contributed by atoms with Crippen molar-refractivity contribution in [1.29, 1.82) is 0 Å². The zero-order valence-corrected chi connectivity index (χ0v) is 24.3. The number of nitrogens with one attached hydrogen (secondary N) is 1. The highest BCUT2D eigenvalue weighted by molar-refractivity contribution is 7.92. The number of methoxy groups -OCH3 is 1. The maximum atomic E-state index is 13.7. The summed E-state index contributed by atoms with van der Waals surface area (Å²) in [6.07, 6.45) is -5.46. The number of carbonyl (C=O) groups excluding carboxylic acids is 2. The van der Waals surface area contributed by atoms with Crippen molar-refractivity contribution in [2.24, 2.45) is 5.92 Å². The molecular formula is C27H32F3N3O8S. The summed E-state index contributed by atoms with van der Waals surface area (Å²) in [5.74, 6) is -2.12. The number of nitrogens with zero attached hydrogens (tertiary/aromatic N) is 2. The molecule has 1 N–H and O–H groups in total. The van der Waals surface area contributed by atoms with Gasteiger partial charge in [-0.3, -0.25) is 14.3 Å². The third-order valence-electron chi connectivity index (χ3n) is 6.95. The van der Waals surface area contributed by atoms with E-state index in [9.17, 15) is 31.2 Å². The summed E-state index contributed by atoms with van der Waals surface area (Å²) in [6, 6.07) is 8.02. The molecule has 0 aliphatic carbocycles. The Balaban J connectivity index is 1.66. The standard InChI is InChI=1S/C27H32F3N3O8S/c1-16-11-33(25(34)18-5-7-22-23(9-18)41-15-40-22)17(2)13-39-21-8-6-19(31-42(36,37)14-27(28,29)30)10-20(21)26(35)32(3)12-24(16)38-4/h5-10,16-17,24,31H,11-15H2,1-4H3/t16-,17+,24-/m1/s1. The van der Waals surface area contributed by atoms with Gasteiger partial charge in [0.15, 0.2) is 17.3 Å². The monoisotopic (exact) mass is 615 g/mol. The van der Waals surface area contributed by atoms with Crippen LogP contribution in [0.2, 0.25) is 0 Å². The van der Waals surface area contributed by atoms with Gasteiger partial charge in [-0.25, -0.2) is 8.42 Å². The molecule has 3 atom stereocenters. The first-order chi connectivity index (χ1) is 19.7. The molecule has 0 unspecified atom stereocenters. The number of amides is 2. The van der Waals surface area contributed by atoms with Crippen LogP contribution in [0.15, 0.2) is 36.4 Å². The number of ether oxygens (including phenoxy) is 4. The number of carbonyl (C=O) groups is 2. The molecule has 42 heavy (non-hydrogen) atoms. The number of hydrogen-bond acceptors (Lipinski definition) is 8. The number of anilines is 1. The first kappa shape index (κ1) is 31.2. The summed E-state index contributed by atoms with van der Waals surface area (Å²) in [5, 5.41) is 0. The fourth-order valence-corrected chi connectivity index (χ4v) is 5.74. The number of hydrogen-bond donors (Lipinski definition) is 1. The molecule has 230 valence electrons. The summed E-state index contributed by atoms with van der Waals surface area (Å²) in [7, 11) is -1.79. The minimum absolute atomic E-state index is 0.0518. The lowest BCUT2D eigenvalue weighted by Crippen LogP contribution is -2.48. The van der Waals surface area contributed by atoms with Gasteiger partial charge in [0.25, 0.3) is 11.8 Å². The highest BCUT2D eigenvalue weighted by atomic mass is 32.2. The first-order valence-electron chi connectivity index (χ1n) is 13.0. The highest BCUT2D eigenvalue weighted by Crippen LogP contribution is 2.33. The third kappa shape index (κ3) is 7.37. The largest absolute Gasteiger partial charge is 0.491 e. The normalized spacial score (nSPS) is 21.6. The average molecular weight is 616 g/mol. The second-order valence-corrected chi connectivity index (χ2v) is 12.0. The number of alkyl halides is 3. The molecule has 0 aromatic heterocycles. The van der Waals surface area contributed by atoms with Gasteiger partial charge in [-0.05, 0) is 43.3 Å². The van der Waals surface area contributed by atoms with Crippen LogP contribution in [0.4, 0.5) is 18.9 Å². The average Bonchev–Trinajstić information content (AvgIpc) is 3.38. The molecule has 2 heterocycles. The SMILES string of the molecule is CO[C@@H]1CN(C)C(=O)c2cc(NS(=O)(=O)CC(F)(F)F)ccc2OC[C@H](C)N(C(=O)c2ccc3c(c2)OCO3)C[C@H]1C. The Morgan fingerprint density at radius 1 is 1.05 bits per heavy atom. The van der Waals surface area contributed by atoms with Gasteiger partial charge in [-0.15, -0.1) is 0 Å². The lowest BCUT2D eigenvalue weighted by atomic mass is 10.0. The molecule has 0 spiro atoms. The summed E-state index contributed by atoms with van der Waals surface area (Å²) in [4.78, 5) is 30.2. The van der Waals surface area contributed by atoms with Crippen LogP contribution in [0, 0.1) is 5.92 Å². The quantitative estimate of drug-likeness (QED) is 0.543. The van der Waals surface area contributed by atoms with E-state index in [-0.39, 0.29) is 55.3 Å². The van der Waals surface area contributed by atoms with Crippen LogP contribution in [0.25, 0.3) is 0 Å². The number of likely N-dealkylation sites (N-methyl/N-ethyl adjacent to an activating group) is 1. The van der Waals surface area contributed by atoms with Gasteiger partial charge < -0.3 is 28.7 Å². The molecule has 2 aromatic rings. The van der Waals surface area contributed by atoms with Crippen molar-refractivity contribution in [2.75, 3.05) is 51.1 Å². The Bertz CT molecular complexity index is 1440. The van der Waals surface area contributed by atoms with E-state index in [1.807, 2.05) is 11.6 Å². The molecule has 0 saturated carbocycles. The number of rotatable bonds is 5. The van der Waals surface area contributed by atoms with Gasteiger partial charge >= 0.3 is 6.18 Å². The first-order valence-corrected chi connectivity index (χ1v) is 14.7. The van der Waals surface area contributed by atoms with Crippen LogP contribution in [0.5, 0.6) is 17.2 Å². The van der Waals surface area contributed by atoms with E-state index < -0.39 is 40.0 Å². The third-order valence-corrected chi connectivity index (χ3v) is 8.21. The minimum Gasteiger partial charge on any atom is -0.491 e. The minimum atomic E-state index is -4.95. The number of sulfonamides is 1. The van der Waals surface area contributed by atoms with Crippen molar-refractivity contribution in [1.82, 2.24) is 9.80 Å². The van der Waals surface area contributed by atoms with Crippen LogP contribution < -0.4 is 18.9 Å². The molecular weight excluding hydrogens is 583 g/mol. The van der Waals surface area contributed by atoms with Gasteiger partial charge in [-0.2, -0.15) is 13.2 Å². The van der Waals surface area contributed by atoms with Crippen molar-refractivity contribution >= 4 is 27.5 Å². The van der Waals surface area contributed by atoms with Crippen molar-refractivity contribution < 1.29 is 50.1 Å². The lowest BCUT2D eigenvalue weighted by Gasteiger charge is -2.36.